The first-order chi connectivity index (χ1) is 66.9. The van der Waals surface area contributed by atoms with Crippen molar-refractivity contribution in [3.8, 4) is 100 Å². The van der Waals surface area contributed by atoms with E-state index in [9.17, 15) is 0 Å². The highest BCUT2D eigenvalue weighted by Crippen LogP contribution is 2.47. The number of benzene rings is 24. The van der Waals surface area contributed by atoms with E-state index in [1.807, 2.05) is 0 Å². The molecular weight excluding hydrogens is 1630 g/mol. The molecule has 24 aromatic rings. The molecule has 0 heterocycles. The van der Waals surface area contributed by atoms with Crippen LogP contribution in [0, 0.1) is 0 Å². The van der Waals surface area contributed by atoms with E-state index in [0.29, 0.717) is 0 Å². The van der Waals surface area contributed by atoms with Crippen molar-refractivity contribution >= 4 is 116 Å². The zero-order chi connectivity index (χ0) is 90.0. The topological polar surface area (TPSA) is 9.72 Å². The molecule has 0 N–H and O–H groups in total. The Morgan fingerprint density at radius 3 is 0.637 bits per heavy atom. The molecule has 0 bridgehead atoms. The highest BCUT2D eigenvalue weighted by atomic mass is 15.2. The Hall–Kier alpha value is -17.8. The summed E-state index contributed by atoms with van der Waals surface area (Å²) < 4.78 is 0. The van der Waals surface area contributed by atoms with Gasteiger partial charge in [-0.25, -0.2) is 0 Å². The predicted octanol–water partition coefficient (Wildman–Crippen LogP) is 37.4. The van der Waals surface area contributed by atoms with Gasteiger partial charge in [0.05, 0.1) is 0 Å². The average Bonchev–Trinajstić information content (AvgIpc) is 0.767. The van der Waals surface area contributed by atoms with Crippen molar-refractivity contribution < 1.29 is 0 Å². The number of rotatable bonds is 18. The van der Waals surface area contributed by atoms with Gasteiger partial charge in [0.2, 0.25) is 0 Å². The SMILES string of the molecule is c1ccc(-c2ccc(N(c3ccccc3)c3ccc(-c4cc5ccccc5cc4-c4ccc5ccccc5c4)cc3)cc2)cc1.c1ccc(-c2ccc(N(c3ccccc3)c3ccc(-c4cc5ccccc5cc4-c4cccc5ccccc45)cc3)cc2)cc1.c1ccc(-c2ccc(N(c3ccccc3)c3ccc(-c4ccc(-c5ccc6ccccc6c5)c5ccccc45)cc3)cc2)cc1. The van der Waals surface area contributed by atoms with Crippen LogP contribution in [-0.2, 0) is 0 Å². The molecule has 0 radical (unpaired) electrons. The maximum absolute atomic E-state index is 2.35. The summed E-state index contributed by atoms with van der Waals surface area (Å²) in [6.45, 7) is 0. The molecule has 24 aromatic carbocycles. The van der Waals surface area contributed by atoms with Crippen molar-refractivity contribution in [2.75, 3.05) is 14.7 Å². The van der Waals surface area contributed by atoms with Gasteiger partial charge in [0, 0.05) is 51.2 Å². The van der Waals surface area contributed by atoms with Gasteiger partial charge in [0.15, 0.2) is 0 Å². The summed E-state index contributed by atoms with van der Waals surface area (Å²) in [5.41, 5.74) is 32.1. The van der Waals surface area contributed by atoms with Crippen LogP contribution in [0.25, 0.3) is 165 Å². The van der Waals surface area contributed by atoms with E-state index in [2.05, 4.69) is 579 Å². The van der Waals surface area contributed by atoms with Crippen LogP contribution in [0.1, 0.15) is 0 Å². The smallest absolute Gasteiger partial charge is 0.0462 e. The third-order valence-electron chi connectivity index (χ3n) is 25.9. The Bertz CT molecular complexity index is 8250. The Balaban J connectivity index is 0.000000118. The van der Waals surface area contributed by atoms with E-state index in [1.54, 1.807) is 0 Å². The molecule has 3 nitrogen and oxygen atoms in total. The summed E-state index contributed by atoms with van der Waals surface area (Å²) in [6.07, 6.45) is 0. The van der Waals surface area contributed by atoms with Gasteiger partial charge >= 0.3 is 0 Å². The highest BCUT2D eigenvalue weighted by molar-refractivity contribution is 6.08. The van der Waals surface area contributed by atoms with Gasteiger partial charge in [-0.3, -0.25) is 0 Å². The molecule has 0 saturated heterocycles. The quantitative estimate of drug-likeness (QED) is 0.0848. The summed E-state index contributed by atoms with van der Waals surface area (Å²) >= 11 is 0. The Morgan fingerprint density at radius 1 is 0.0889 bits per heavy atom. The Kier molecular flexibility index (Phi) is 23.4. The van der Waals surface area contributed by atoms with Gasteiger partial charge in [0.25, 0.3) is 0 Å². The molecule has 0 aromatic heterocycles. The summed E-state index contributed by atoms with van der Waals surface area (Å²) in [4.78, 5) is 6.97. The first-order valence-corrected chi connectivity index (χ1v) is 46.3. The van der Waals surface area contributed by atoms with Gasteiger partial charge in [0.1, 0.15) is 0 Å². The van der Waals surface area contributed by atoms with Crippen molar-refractivity contribution in [1.29, 1.82) is 0 Å². The van der Waals surface area contributed by atoms with Crippen molar-refractivity contribution in [3.05, 3.63) is 564 Å². The van der Waals surface area contributed by atoms with E-state index in [0.717, 1.165) is 51.2 Å². The third-order valence-corrected chi connectivity index (χ3v) is 25.9. The molecule has 24 rings (SSSR count). The average molecular weight is 1720 g/mol. The maximum Gasteiger partial charge on any atom is 0.0462 e. The fourth-order valence-electron chi connectivity index (χ4n) is 19.1. The van der Waals surface area contributed by atoms with Crippen LogP contribution in [0.4, 0.5) is 51.2 Å². The molecular formula is C132H93N3. The van der Waals surface area contributed by atoms with Gasteiger partial charge in [-0.2, -0.15) is 0 Å². The van der Waals surface area contributed by atoms with Crippen LogP contribution in [0.3, 0.4) is 0 Å². The molecule has 0 aliphatic heterocycles. The van der Waals surface area contributed by atoms with Crippen molar-refractivity contribution in [3.63, 3.8) is 0 Å². The normalized spacial score (nSPS) is 11.1. The molecule has 636 valence electrons. The monoisotopic (exact) mass is 1720 g/mol. The van der Waals surface area contributed by atoms with E-state index in [4.69, 9.17) is 0 Å². The van der Waals surface area contributed by atoms with Crippen LogP contribution in [0.2, 0.25) is 0 Å². The minimum absolute atomic E-state index is 1.12. The number of anilines is 9. The zero-order valence-electron chi connectivity index (χ0n) is 74.5. The number of para-hydroxylation sites is 3. The standard InChI is InChI=1S/3C44H31N/c1-3-12-32(13-4-1)33-22-26-39(27-23-33)45(38-18-5-2-6-19-38)40-28-24-35(25-29-40)43-30-36-15-7-8-16-37(36)31-44(43)42-21-11-17-34-14-9-10-20-41(34)42;1-3-11-32(12-4-1)34-21-25-41(26-22-34)45(40-17-5-2-6-18-40)42-27-23-35(24-28-42)43-30-37-15-9-10-16-38(37)31-44(43)39-20-19-33-13-7-8-14-36(33)29-39;1-3-11-32(12-4-1)34-21-25-39(26-22-34)45(38-15-5-2-6-16-38)40-27-23-35(24-28-40)41-29-30-42(44-18-10-9-17-43(41)44)37-20-19-33-13-7-8-14-36(33)31-37/h3*1-31H. The van der Waals surface area contributed by atoms with Crippen LogP contribution in [-0.4, -0.2) is 0 Å². The second-order valence-corrected chi connectivity index (χ2v) is 34.2. The molecule has 0 amide bonds. The minimum Gasteiger partial charge on any atom is -0.311 e. The Morgan fingerprint density at radius 2 is 0.296 bits per heavy atom. The molecule has 0 atom stereocenters. The van der Waals surface area contributed by atoms with Gasteiger partial charge < -0.3 is 14.7 Å². The van der Waals surface area contributed by atoms with Gasteiger partial charge in [-0.15, -0.1) is 0 Å². The molecule has 135 heavy (non-hydrogen) atoms. The lowest BCUT2D eigenvalue weighted by Gasteiger charge is -2.26. The number of fused-ring (bicyclic) bond motifs is 6. The van der Waals surface area contributed by atoms with E-state index < -0.39 is 0 Å². The maximum atomic E-state index is 2.35. The lowest BCUT2D eigenvalue weighted by molar-refractivity contribution is 1.28. The molecule has 0 aliphatic carbocycles. The summed E-state index contributed by atoms with van der Waals surface area (Å²) in [6, 6.07) is 203. The summed E-state index contributed by atoms with van der Waals surface area (Å²) in [5.74, 6) is 0. The van der Waals surface area contributed by atoms with Crippen molar-refractivity contribution in [2.45, 2.75) is 0 Å². The largest absolute Gasteiger partial charge is 0.311 e. The third kappa shape index (κ3) is 17.6. The fraction of sp³-hybridized carbons (Fsp3) is 0. The highest BCUT2D eigenvalue weighted by Gasteiger charge is 2.22. The van der Waals surface area contributed by atoms with Gasteiger partial charge in [-0.1, -0.05) is 419 Å². The molecule has 0 unspecified atom stereocenters. The molecule has 3 heteroatoms. The molecule has 0 saturated carbocycles. The lowest BCUT2D eigenvalue weighted by atomic mass is 9.89. The number of nitrogens with zero attached hydrogens (tertiary/aromatic N) is 3. The summed E-state index contributed by atoms with van der Waals surface area (Å²) in [5, 5.41) is 15.0. The number of hydrogen-bond donors (Lipinski definition) is 0. The van der Waals surface area contributed by atoms with E-state index in [-0.39, 0.29) is 0 Å². The van der Waals surface area contributed by atoms with E-state index in [1.165, 1.54) is 165 Å². The molecule has 0 spiro atoms. The van der Waals surface area contributed by atoms with Crippen LogP contribution < -0.4 is 14.7 Å². The van der Waals surface area contributed by atoms with Crippen molar-refractivity contribution in [1.82, 2.24) is 0 Å². The van der Waals surface area contributed by atoms with E-state index >= 15 is 0 Å². The first-order valence-electron chi connectivity index (χ1n) is 46.3. The molecule has 0 aliphatic rings. The van der Waals surface area contributed by atoms with Crippen LogP contribution in [0.15, 0.2) is 564 Å². The van der Waals surface area contributed by atoms with Gasteiger partial charge in [-0.05, 0) is 310 Å². The Labute approximate surface area is 789 Å². The minimum atomic E-state index is 1.12. The summed E-state index contributed by atoms with van der Waals surface area (Å²) in [7, 11) is 0. The van der Waals surface area contributed by atoms with Crippen LogP contribution >= 0.6 is 0 Å². The predicted molar refractivity (Wildman–Crippen MR) is 577 cm³/mol. The zero-order valence-corrected chi connectivity index (χ0v) is 74.5. The second-order valence-electron chi connectivity index (χ2n) is 34.2. The van der Waals surface area contributed by atoms with Crippen LogP contribution in [0.5, 0.6) is 0 Å². The number of hydrogen-bond acceptors (Lipinski definition) is 3. The molecule has 0 fully saturated rings. The first kappa shape index (κ1) is 82.9. The van der Waals surface area contributed by atoms with Crippen molar-refractivity contribution in [2.24, 2.45) is 0 Å². The lowest BCUT2D eigenvalue weighted by Crippen LogP contribution is -2.09. The fourth-order valence-corrected chi connectivity index (χ4v) is 19.1. The second kappa shape index (κ2) is 38.1.